The molecule has 0 aromatic carbocycles. The van der Waals surface area contributed by atoms with Crippen LogP contribution >= 0.6 is 0 Å². The largest absolute Gasteiger partial charge is 0.481 e. The standard InChI is InChI=1S/C7H10FN3O2/c8-1-2-11-7(9)5(4-10-11)3-6(12)13/h4H,1-3,9H2,(H,12,13). The van der Waals surface area contributed by atoms with E-state index in [-0.39, 0.29) is 18.8 Å². The maximum Gasteiger partial charge on any atom is 0.308 e. The SMILES string of the molecule is Nc1c(CC(=O)O)cnn1CCF. The molecule has 0 atom stereocenters. The van der Waals surface area contributed by atoms with Gasteiger partial charge in [0.05, 0.1) is 19.2 Å². The van der Waals surface area contributed by atoms with Crippen molar-refractivity contribution in [3.8, 4) is 0 Å². The summed E-state index contributed by atoms with van der Waals surface area (Å²) in [6.45, 7) is -0.510. The van der Waals surface area contributed by atoms with Crippen molar-refractivity contribution < 1.29 is 14.3 Å². The number of nitrogens with zero attached hydrogens (tertiary/aromatic N) is 2. The highest BCUT2D eigenvalue weighted by Crippen LogP contribution is 2.11. The molecular weight excluding hydrogens is 177 g/mol. The fraction of sp³-hybridized carbons (Fsp3) is 0.429. The van der Waals surface area contributed by atoms with Crippen LogP contribution in [0.3, 0.4) is 0 Å². The molecule has 0 radical (unpaired) electrons. The van der Waals surface area contributed by atoms with Crippen LogP contribution in [-0.2, 0) is 17.8 Å². The van der Waals surface area contributed by atoms with E-state index in [9.17, 15) is 9.18 Å². The van der Waals surface area contributed by atoms with Gasteiger partial charge in [-0.05, 0) is 0 Å². The van der Waals surface area contributed by atoms with Gasteiger partial charge in [-0.25, -0.2) is 9.07 Å². The van der Waals surface area contributed by atoms with Crippen molar-refractivity contribution in [1.29, 1.82) is 0 Å². The molecule has 5 nitrogen and oxygen atoms in total. The molecule has 1 aromatic rings. The molecule has 3 N–H and O–H groups in total. The average molecular weight is 187 g/mol. The topological polar surface area (TPSA) is 81.1 Å². The van der Waals surface area contributed by atoms with E-state index < -0.39 is 12.6 Å². The van der Waals surface area contributed by atoms with Crippen LogP contribution in [0.15, 0.2) is 6.20 Å². The maximum absolute atomic E-state index is 11.9. The van der Waals surface area contributed by atoms with Gasteiger partial charge < -0.3 is 10.8 Å². The molecule has 0 spiro atoms. The van der Waals surface area contributed by atoms with E-state index in [0.29, 0.717) is 5.56 Å². The van der Waals surface area contributed by atoms with Gasteiger partial charge in [-0.15, -0.1) is 0 Å². The number of aliphatic carboxylic acids is 1. The number of anilines is 1. The molecule has 0 saturated heterocycles. The van der Waals surface area contributed by atoms with Crippen molar-refractivity contribution in [2.45, 2.75) is 13.0 Å². The summed E-state index contributed by atoms with van der Waals surface area (Å²) < 4.78 is 13.1. The Hall–Kier alpha value is -1.59. The number of carboxylic acid groups (broad SMARTS) is 1. The van der Waals surface area contributed by atoms with E-state index in [4.69, 9.17) is 10.8 Å². The van der Waals surface area contributed by atoms with Crippen molar-refractivity contribution >= 4 is 11.8 Å². The molecule has 72 valence electrons. The quantitative estimate of drug-likeness (QED) is 0.698. The Kier molecular flexibility index (Phi) is 2.84. The molecule has 1 rings (SSSR count). The zero-order valence-electron chi connectivity index (χ0n) is 6.90. The highest BCUT2D eigenvalue weighted by molar-refractivity contribution is 5.72. The second-order valence-electron chi connectivity index (χ2n) is 2.54. The van der Waals surface area contributed by atoms with Crippen molar-refractivity contribution in [3.05, 3.63) is 11.8 Å². The summed E-state index contributed by atoms with van der Waals surface area (Å²) >= 11 is 0. The first-order chi connectivity index (χ1) is 6.15. The summed E-state index contributed by atoms with van der Waals surface area (Å²) in [5.41, 5.74) is 5.93. The number of nitrogen functional groups attached to an aromatic ring is 1. The van der Waals surface area contributed by atoms with Gasteiger partial charge in [-0.1, -0.05) is 0 Å². The van der Waals surface area contributed by atoms with Gasteiger partial charge in [0, 0.05) is 5.56 Å². The average Bonchev–Trinajstić information content (AvgIpc) is 2.36. The number of rotatable bonds is 4. The lowest BCUT2D eigenvalue weighted by Crippen LogP contribution is -2.08. The highest BCUT2D eigenvalue weighted by Gasteiger charge is 2.09. The summed E-state index contributed by atoms with van der Waals surface area (Å²) in [7, 11) is 0. The Labute approximate surface area is 74.0 Å². The van der Waals surface area contributed by atoms with Crippen LogP contribution in [-0.4, -0.2) is 27.5 Å². The van der Waals surface area contributed by atoms with Gasteiger partial charge in [0.1, 0.15) is 12.5 Å². The number of carboxylic acids is 1. The Morgan fingerprint density at radius 2 is 2.46 bits per heavy atom. The lowest BCUT2D eigenvalue weighted by Gasteiger charge is -2.00. The third kappa shape index (κ3) is 2.17. The first-order valence-corrected chi connectivity index (χ1v) is 3.73. The molecule has 0 fully saturated rings. The van der Waals surface area contributed by atoms with Crippen LogP contribution in [0.25, 0.3) is 0 Å². The van der Waals surface area contributed by atoms with Crippen LogP contribution in [0.4, 0.5) is 10.2 Å². The number of aromatic nitrogens is 2. The zero-order valence-corrected chi connectivity index (χ0v) is 6.90. The number of alkyl halides is 1. The van der Waals surface area contributed by atoms with E-state index in [1.807, 2.05) is 0 Å². The number of carbonyl (C=O) groups is 1. The number of hydrogen-bond acceptors (Lipinski definition) is 3. The summed E-state index contributed by atoms with van der Waals surface area (Å²) in [5, 5.41) is 12.2. The van der Waals surface area contributed by atoms with Crippen molar-refractivity contribution in [3.63, 3.8) is 0 Å². The summed E-state index contributed by atoms with van der Waals surface area (Å²) in [6.07, 6.45) is 1.16. The van der Waals surface area contributed by atoms with Crippen LogP contribution in [0.1, 0.15) is 5.56 Å². The molecule has 0 aliphatic heterocycles. The van der Waals surface area contributed by atoms with Gasteiger partial charge in [0.2, 0.25) is 0 Å². The molecule has 0 aliphatic carbocycles. The second kappa shape index (κ2) is 3.88. The summed E-state index contributed by atoms with van der Waals surface area (Å²) in [5.74, 6) is -0.758. The van der Waals surface area contributed by atoms with Gasteiger partial charge in [0.25, 0.3) is 0 Å². The minimum Gasteiger partial charge on any atom is -0.481 e. The minimum atomic E-state index is -0.980. The van der Waals surface area contributed by atoms with Gasteiger partial charge in [-0.3, -0.25) is 4.79 Å². The molecule has 6 heteroatoms. The van der Waals surface area contributed by atoms with E-state index in [0.717, 1.165) is 0 Å². The molecule has 0 saturated carbocycles. The molecule has 0 bridgehead atoms. The minimum absolute atomic E-state index is 0.0610. The number of halogens is 1. The molecule has 0 amide bonds. The monoisotopic (exact) mass is 187 g/mol. The van der Waals surface area contributed by atoms with Crippen LogP contribution in [0.5, 0.6) is 0 Å². The van der Waals surface area contributed by atoms with Crippen molar-refractivity contribution in [2.75, 3.05) is 12.4 Å². The first-order valence-electron chi connectivity index (χ1n) is 3.73. The van der Waals surface area contributed by atoms with E-state index >= 15 is 0 Å². The van der Waals surface area contributed by atoms with Crippen LogP contribution < -0.4 is 5.73 Å². The van der Waals surface area contributed by atoms with Crippen molar-refractivity contribution in [2.24, 2.45) is 0 Å². The number of aryl methyl sites for hydroxylation is 1. The third-order valence-electron chi connectivity index (χ3n) is 1.60. The predicted octanol–water partition coefficient (Wildman–Crippen LogP) is 0.0619. The molecular formula is C7H10FN3O2. The smallest absolute Gasteiger partial charge is 0.308 e. The molecule has 0 aliphatic rings. The fourth-order valence-electron chi connectivity index (χ4n) is 0.991. The lowest BCUT2D eigenvalue weighted by molar-refractivity contribution is -0.136. The third-order valence-corrected chi connectivity index (χ3v) is 1.60. The Morgan fingerprint density at radius 1 is 1.77 bits per heavy atom. The van der Waals surface area contributed by atoms with Crippen LogP contribution in [0.2, 0.25) is 0 Å². The van der Waals surface area contributed by atoms with E-state index in [1.165, 1.54) is 10.9 Å². The Bertz CT molecular complexity index is 311. The molecule has 13 heavy (non-hydrogen) atoms. The second-order valence-corrected chi connectivity index (χ2v) is 2.54. The normalized spacial score (nSPS) is 10.2. The zero-order chi connectivity index (χ0) is 9.84. The van der Waals surface area contributed by atoms with Crippen LogP contribution in [0, 0.1) is 0 Å². The molecule has 1 heterocycles. The van der Waals surface area contributed by atoms with E-state index in [2.05, 4.69) is 5.10 Å². The Morgan fingerprint density at radius 3 is 3.00 bits per heavy atom. The lowest BCUT2D eigenvalue weighted by atomic mass is 10.2. The number of nitrogens with two attached hydrogens (primary N) is 1. The highest BCUT2D eigenvalue weighted by atomic mass is 19.1. The van der Waals surface area contributed by atoms with Crippen molar-refractivity contribution in [1.82, 2.24) is 9.78 Å². The summed E-state index contributed by atoms with van der Waals surface area (Å²) in [6, 6.07) is 0. The molecule has 1 aromatic heterocycles. The first kappa shape index (κ1) is 9.50. The maximum atomic E-state index is 11.9. The van der Waals surface area contributed by atoms with E-state index in [1.54, 1.807) is 0 Å². The molecule has 0 unspecified atom stereocenters. The predicted molar refractivity (Wildman–Crippen MR) is 44.0 cm³/mol. The van der Waals surface area contributed by atoms with Gasteiger partial charge in [-0.2, -0.15) is 5.10 Å². The summed E-state index contributed by atoms with van der Waals surface area (Å²) in [4.78, 5) is 10.3. The number of hydrogen-bond donors (Lipinski definition) is 2. The van der Waals surface area contributed by atoms with Gasteiger partial charge >= 0.3 is 5.97 Å². The Balaban J connectivity index is 2.79. The van der Waals surface area contributed by atoms with Gasteiger partial charge in [0.15, 0.2) is 0 Å². The fourth-order valence-corrected chi connectivity index (χ4v) is 0.991.